The molecule has 2 saturated heterocycles. The van der Waals surface area contributed by atoms with Gasteiger partial charge in [-0.2, -0.15) is 0 Å². The number of rotatable bonds is 17. The van der Waals surface area contributed by atoms with Crippen LogP contribution in [0.3, 0.4) is 0 Å². The molecule has 12 heteroatoms. The van der Waals surface area contributed by atoms with Gasteiger partial charge in [-0.3, -0.25) is 4.90 Å². The Balaban J connectivity index is 0.000000182. The normalized spacial score (nSPS) is 15.4. The molecule has 0 aliphatic carbocycles. The number of nitrogens with one attached hydrogen (secondary N) is 3. The highest BCUT2D eigenvalue weighted by atomic mass is 19.1. The van der Waals surface area contributed by atoms with Crippen molar-refractivity contribution in [2.24, 2.45) is 5.92 Å². The highest BCUT2D eigenvalue weighted by Gasteiger charge is 2.21. The number of para-hydroxylation sites is 1. The first-order valence-electron chi connectivity index (χ1n) is 25.2. The maximum atomic E-state index is 14.5. The molecule has 5 aromatic carbocycles. The molecule has 0 saturated carbocycles. The van der Waals surface area contributed by atoms with Crippen molar-refractivity contribution in [3.05, 3.63) is 203 Å². The molecular weight excluding hydrogens is 897 g/mol. The maximum Gasteiger partial charge on any atom is 0.167 e. The van der Waals surface area contributed by atoms with Gasteiger partial charge in [0.2, 0.25) is 0 Å². The Hall–Kier alpha value is -6.60. The van der Waals surface area contributed by atoms with Gasteiger partial charge in [-0.15, -0.1) is 0 Å². The van der Waals surface area contributed by atoms with Gasteiger partial charge in [0.1, 0.15) is 34.8 Å². The fourth-order valence-electron chi connectivity index (χ4n) is 10.00. The van der Waals surface area contributed by atoms with E-state index in [1.165, 1.54) is 71.3 Å². The van der Waals surface area contributed by atoms with E-state index in [0.717, 1.165) is 112 Å². The first kappa shape index (κ1) is 49.4. The SMILES string of the molecule is Fc1cc(F)cc(CCCc2nccc(-c3cccc(CN4CCN[C@@H](Cc5c[nH]c6ccccc56)C4)c3)n2)c1.Fc1cccc(CCCc2ncc(F)c(-c3cccc(CCC4CCNCC4)c3)n2)c1. The van der Waals surface area contributed by atoms with Crippen LogP contribution in [-0.4, -0.2) is 68.6 Å². The number of halogens is 4. The highest BCUT2D eigenvalue weighted by Crippen LogP contribution is 2.26. The van der Waals surface area contributed by atoms with E-state index in [9.17, 15) is 17.6 Å². The van der Waals surface area contributed by atoms with Crippen LogP contribution in [-0.2, 0) is 45.1 Å². The van der Waals surface area contributed by atoms with Gasteiger partial charge in [-0.1, -0.05) is 66.7 Å². The molecule has 2 aliphatic heterocycles. The number of piperidine rings is 1. The lowest BCUT2D eigenvalue weighted by atomic mass is 9.91. The highest BCUT2D eigenvalue weighted by molar-refractivity contribution is 5.83. The van der Waals surface area contributed by atoms with Gasteiger partial charge >= 0.3 is 0 Å². The molecule has 0 bridgehead atoms. The Bertz CT molecular complexity index is 2970. The van der Waals surface area contributed by atoms with Crippen LogP contribution in [0.2, 0.25) is 0 Å². The van der Waals surface area contributed by atoms with Gasteiger partial charge in [0, 0.05) is 85.6 Å². The molecule has 1 atom stereocenters. The number of aromatic amines is 1. The van der Waals surface area contributed by atoms with Crippen LogP contribution in [0.5, 0.6) is 0 Å². The summed E-state index contributed by atoms with van der Waals surface area (Å²) in [6, 6.07) is 37.8. The minimum Gasteiger partial charge on any atom is -0.361 e. The predicted octanol–water partition coefficient (Wildman–Crippen LogP) is 11.6. The van der Waals surface area contributed by atoms with Gasteiger partial charge in [-0.05, 0) is 153 Å². The van der Waals surface area contributed by atoms with Crippen LogP contribution >= 0.6 is 0 Å². The van der Waals surface area contributed by atoms with Crippen molar-refractivity contribution in [1.82, 2.24) is 40.5 Å². The summed E-state index contributed by atoms with van der Waals surface area (Å²) in [5, 5.41) is 8.42. The number of aromatic nitrogens is 5. The van der Waals surface area contributed by atoms with E-state index >= 15 is 0 Å². The molecule has 5 heterocycles. The van der Waals surface area contributed by atoms with Crippen molar-refractivity contribution in [2.75, 3.05) is 32.7 Å². The zero-order chi connectivity index (χ0) is 48.8. The summed E-state index contributed by atoms with van der Waals surface area (Å²) in [6.07, 6.45) is 14.9. The molecule has 71 heavy (non-hydrogen) atoms. The third-order valence-corrected chi connectivity index (χ3v) is 13.7. The van der Waals surface area contributed by atoms with Gasteiger partial charge in [0.25, 0.3) is 0 Å². The summed E-state index contributed by atoms with van der Waals surface area (Å²) in [5.74, 6) is 0.417. The van der Waals surface area contributed by atoms with Crippen LogP contribution in [0.4, 0.5) is 17.6 Å². The third-order valence-electron chi connectivity index (χ3n) is 13.7. The number of hydrogen-bond donors (Lipinski definition) is 3. The smallest absolute Gasteiger partial charge is 0.167 e. The van der Waals surface area contributed by atoms with Crippen LogP contribution in [0, 0.1) is 29.2 Å². The van der Waals surface area contributed by atoms with E-state index in [1.54, 1.807) is 18.3 Å². The minimum absolute atomic E-state index is 0.224. The number of aryl methyl sites for hydroxylation is 5. The molecule has 3 aromatic heterocycles. The summed E-state index contributed by atoms with van der Waals surface area (Å²) in [7, 11) is 0. The summed E-state index contributed by atoms with van der Waals surface area (Å²) < 4.78 is 54.8. The molecule has 366 valence electrons. The van der Waals surface area contributed by atoms with Crippen molar-refractivity contribution < 1.29 is 17.6 Å². The van der Waals surface area contributed by atoms with Crippen LogP contribution in [0.25, 0.3) is 33.4 Å². The first-order chi connectivity index (χ1) is 34.8. The molecule has 8 nitrogen and oxygen atoms in total. The topological polar surface area (TPSA) is 94.7 Å². The number of nitrogens with zero attached hydrogens (tertiary/aromatic N) is 5. The second-order valence-corrected chi connectivity index (χ2v) is 19.0. The van der Waals surface area contributed by atoms with E-state index in [-0.39, 0.29) is 5.82 Å². The number of fused-ring (bicyclic) bond motifs is 1. The summed E-state index contributed by atoms with van der Waals surface area (Å²) in [5.41, 5.74) is 9.76. The standard InChI is InChI=1S/C33H33F2N5.C26H29F2N3/c34-27-16-23(17-28(35)19-27)5-4-10-33-37-12-11-31(39-33)25-7-3-6-24(15-25)21-40-14-13-36-29(22-40)18-26-20-38-32-9-2-1-8-30(26)32;27-23-8-2-5-20(17-23)6-3-9-25-30-18-24(28)26(31-25)22-7-1-4-21(16-22)11-10-19-12-14-29-15-13-19/h1-3,6-9,11-12,15-17,19-20,29,36,38H,4-5,10,13-14,18,21-22H2;1-2,4-5,7-8,16-19,29H,3,6,9-15H2/t29-;/m0./s1. The largest absolute Gasteiger partial charge is 0.361 e. The number of hydrogen-bond acceptors (Lipinski definition) is 7. The second-order valence-electron chi connectivity index (χ2n) is 19.0. The molecule has 2 fully saturated rings. The zero-order valence-corrected chi connectivity index (χ0v) is 40.2. The fourth-order valence-corrected chi connectivity index (χ4v) is 10.00. The van der Waals surface area contributed by atoms with E-state index < -0.39 is 17.5 Å². The minimum atomic E-state index is -0.543. The second kappa shape index (κ2) is 24.5. The number of H-pyrrole nitrogens is 1. The summed E-state index contributed by atoms with van der Waals surface area (Å²) in [6.45, 7) is 6.10. The van der Waals surface area contributed by atoms with E-state index in [4.69, 9.17) is 4.98 Å². The molecule has 0 spiro atoms. The van der Waals surface area contributed by atoms with E-state index in [1.807, 2.05) is 24.3 Å². The monoisotopic (exact) mass is 959 g/mol. The van der Waals surface area contributed by atoms with Crippen molar-refractivity contribution in [3.63, 3.8) is 0 Å². The quantitative estimate of drug-likeness (QED) is 0.0783. The lowest BCUT2D eigenvalue weighted by Gasteiger charge is -2.34. The van der Waals surface area contributed by atoms with Crippen molar-refractivity contribution in [2.45, 2.75) is 83.2 Å². The third kappa shape index (κ3) is 14.3. The lowest BCUT2D eigenvalue weighted by molar-refractivity contribution is 0.192. The molecule has 0 radical (unpaired) electrons. The van der Waals surface area contributed by atoms with Gasteiger partial charge in [-0.25, -0.2) is 37.5 Å². The summed E-state index contributed by atoms with van der Waals surface area (Å²) in [4.78, 5) is 23.8. The number of benzene rings is 5. The Morgan fingerprint density at radius 2 is 1.31 bits per heavy atom. The molecule has 2 aliphatic rings. The van der Waals surface area contributed by atoms with Gasteiger partial charge in [0.05, 0.1) is 11.9 Å². The van der Waals surface area contributed by atoms with Crippen LogP contribution in [0.15, 0.2) is 140 Å². The Labute approximate surface area is 414 Å². The molecule has 10 rings (SSSR count). The Morgan fingerprint density at radius 1 is 0.606 bits per heavy atom. The zero-order valence-electron chi connectivity index (χ0n) is 40.2. The van der Waals surface area contributed by atoms with Crippen molar-refractivity contribution in [1.29, 1.82) is 0 Å². The van der Waals surface area contributed by atoms with Crippen molar-refractivity contribution in [3.8, 4) is 22.5 Å². The van der Waals surface area contributed by atoms with E-state index in [2.05, 4.69) is 102 Å². The maximum absolute atomic E-state index is 14.5. The Kier molecular flexibility index (Phi) is 17.0. The summed E-state index contributed by atoms with van der Waals surface area (Å²) >= 11 is 0. The molecular formula is C59H62F4N8. The van der Waals surface area contributed by atoms with Crippen LogP contribution < -0.4 is 10.6 Å². The number of piperazine rings is 1. The molecule has 0 amide bonds. The van der Waals surface area contributed by atoms with Crippen LogP contribution in [0.1, 0.15) is 71.6 Å². The van der Waals surface area contributed by atoms with Crippen molar-refractivity contribution >= 4 is 10.9 Å². The Morgan fingerprint density at radius 3 is 2.13 bits per heavy atom. The first-order valence-corrected chi connectivity index (χ1v) is 25.2. The average Bonchev–Trinajstić information content (AvgIpc) is 3.79. The van der Waals surface area contributed by atoms with E-state index in [0.29, 0.717) is 42.4 Å². The average molecular weight is 959 g/mol. The van der Waals surface area contributed by atoms with Gasteiger partial charge < -0.3 is 15.6 Å². The lowest BCUT2D eigenvalue weighted by Crippen LogP contribution is -2.51. The van der Waals surface area contributed by atoms with Gasteiger partial charge in [0.15, 0.2) is 5.82 Å². The molecule has 8 aromatic rings. The predicted molar refractivity (Wildman–Crippen MR) is 275 cm³/mol. The fraction of sp³-hybridized carbons (Fsp3) is 0.322. The molecule has 0 unspecified atom stereocenters. The molecule has 3 N–H and O–H groups in total.